The maximum atomic E-state index is 13.1. The molecule has 0 radical (unpaired) electrons. The summed E-state index contributed by atoms with van der Waals surface area (Å²) in [5.41, 5.74) is 1.19. The molecule has 0 saturated carbocycles. The van der Waals surface area contributed by atoms with Gasteiger partial charge in [0, 0.05) is 0 Å². The van der Waals surface area contributed by atoms with E-state index in [9.17, 15) is 9.18 Å². The third kappa shape index (κ3) is 4.30. The molecule has 0 unspecified atom stereocenters. The lowest BCUT2D eigenvalue weighted by Gasteiger charge is -2.08. The van der Waals surface area contributed by atoms with Crippen molar-refractivity contribution in [1.29, 1.82) is 0 Å². The van der Waals surface area contributed by atoms with Crippen LogP contribution in [0.1, 0.15) is 23.7 Å². The first-order valence-corrected chi connectivity index (χ1v) is 5.63. The smallest absolute Gasteiger partial charge is 0.192 e. The van der Waals surface area contributed by atoms with Gasteiger partial charge >= 0.3 is 0 Å². The Balaban J connectivity index is 2.60. The van der Waals surface area contributed by atoms with Crippen molar-refractivity contribution < 1.29 is 18.7 Å². The fourth-order valence-corrected chi connectivity index (χ4v) is 1.39. The average Bonchev–Trinajstić information content (AvgIpc) is 2.34. The van der Waals surface area contributed by atoms with Crippen molar-refractivity contribution in [2.75, 3.05) is 20.3 Å². The van der Waals surface area contributed by atoms with Crippen molar-refractivity contribution in [3.05, 3.63) is 41.7 Å². The summed E-state index contributed by atoms with van der Waals surface area (Å²) in [6.07, 6.45) is 0.702. The van der Waals surface area contributed by atoms with Gasteiger partial charge in [-0.2, -0.15) is 0 Å². The van der Waals surface area contributed by atoms with E-state index in [-0.39, 0.29) is 18.0 Å². The summed E-state index contributed by atoms with van der Waals surface area (Å²) in [6.45, 7) is 5.96. The quantitative estimate of drug-likeness (QED) is 0.425. The van der Waals surface area contributed by atoms with Gasteiger partial charge in [-0.1, -0.05) is 5.57 Å². The highest BCUT2D eigenvalue weighted by Gasteiger charge is 2.13. The molecule has 98 valence electrons. The molecule has 0 aliphatic heterocycles. The summed E-state index contributed by atoms with van der Waals surface area (Å²) in [4.78, 5) is 11.8. The van der Waals surface area contributed by atoms with Crippen LogP contribution in [-0.2, 0) is 4.74 Å². The minimum Gasteiger partial charge on any atom is -0.496 e. The lowest BCUT2D eigenvalue weighted by Crippen LogP contribution is -2.11. The molecule has 0 atom stereocenters. The van der Waals surface area contributed by atoms with E-state index in [1.165, 1.54) is 19.2 Å². The van der Waals surface area contributed by atoms with E-state index in [0.29, 0.717) is 18.8 Å². The zero-order chi connectivity index (χ0) is 13.5. The van der Waals surface area contributed by atoms with Crippen LogP contribution in [0.5, 0.6) is 5.75 Å². The molecule has 0 spiro atoms. The molecule has 0 fully saturated rings. The number of ketones is 1. The van der Waals surface area contributed by atoms with Crippen LogP contribution in [0.25, 0.3) is 0 Å². The Morgan fingerprint density at radius 2 is 2.17 bits per heavy atom. The van der Waals surface area contributed by atoms with Crippen molar-refractivity contribution in [1.82, 2.24) is 0 Å². The molecule has 4 heteroatoms. The molecule has 3 nitrogen and oxygen atoms in total. The molecule has 18 heavy (non-hydrogen) atoms. The first-order valence-electron chi connectivity index (χ1n) is 5.63. The molecule has 1 aromatic carbocycles. The number of hydrogen-bond acceptors (Lipinski definition) is 3. The maximum Gasteiger partial charge on any atom is 0.192 e. The van der Waals surface area contributed by atoms with Crippen LogP contribution in [0.15, 0.2) is 30.4 Å². The van der Waals surface area contributed by atoms with Gasteiger partial charge in [0.05, 0.1) is 19.3 Å². The van der Waals surface area contributed by atoms with Gasteiger partial charge in [-0.25, -0.2) is 4.39 Å². The molecular weight excluding hydrogens is 235 g/mol. The van der Waals surface area contributed by atoms with Crippen molar-refractivity contribution in [3.8, 4) is 5.75 Å². The van der Waals surface area contributed by atoms with Crippen LogP contribution < -0.4 is 4.74 Å². The van der Waals surface area contributed by atoms with Crippen LogP contribution in [0.4, 0.5) is 4.39 Å². The number of carbonyl (C=O) groups excluding carboxylic acids is 1. The number of carbonyl (C=O) groups is 1. The van der Waals surface area contributed by atoms with Crippen LogP contribution >= 0.6 is 0 Å². The van der Waals surface area contributed by atoms with E-state index < -0.39 is 5.82 Å². The number of ether oxygens (including phenoxy) is 2. The molecule has 1 rings (SSSR count). The van der Waals surface area contributed by atoms with Gasteiger partial charge in [0.25, 0.3) is 0 Å². The number of Topliss-reactive ketones (excluding diaryl/α,β-unsaturated/α-hetero) is 1. The highest BCUT2D eigenvalue weighted by Crippen LogP contribution is 2.19. The summed E-state index contributed by atoms with van der Waals surface area (Å²) in [5, 5.41) is 0. The van der Waals surface area contributed by atoms with E-state index in [1.807, 2.05) is 6.92 Å². The van der Waals surface area contributed by atoms with Gasteiger partial charge in [-0.05, 0) is 31.5 Å². The van der Waals surface area contributed by atoms with E-state index >= 15 is 0 Å². The number of hydrogen-bond donors (Lipinski definition) is 0. The second kappa shape index (κ2) is 6.91. The van der Waals surface area contributed by atoms with E-state index in [2.05, 4.69) is 6.58 Å². The second-order valence-electron chi connectivity index (χ2n) is 4.03. The van der Waals surface area contributed by atoms with Crippen molar-refractivity contribution in [2.24, 2.45) is 0 Å². The molecule has 1 aromatic rings. The molecule has 0 aliphatic carbocycles. The Labute approximate surface area is 106 Å². The topological polar surface area (TPSA) is 35.5 Å². The van der Waals surface area contributed by atoms with Gasteiger partial charge in [-0.3, -0.25) is 4.79 Å². The SMILES string of the molecule is C=C(C)CCOCC(=O)c1cc(F)ccc1OC. The predicted molar refractivity (Wildman–Crippen MR) is 67.5 cm³/mol. The fraction of sp³-hybridized carbons (Fsp3) is 0.357. The predicted octanol–water partition coefficient (Wildman–Crippen LogP) is 3.00. The summed E-state index contributed by atoms with van der Waals surface area (Å²) >= 11 is 0. The van der Waals surface area contributed by atoms with Crippen molar-refractivity contribution >= 4 is 5.78 Å². The fourth-order valence-electron chi connectivity index (χ4n) is 1.39. The number of rotatable bonds is 7. The monoisotopic (exact) mass is 252 g/mol. The Kier molecular flexibility index (Phi) is 5.52. The summed E-state index contributed by atoms with van der Waals surface area (Å²) < 4.78 is 23.3. The Hall–Kier alpha value is -1.68. The average molecular weight is 252 g/mol. The summed E-state index contributed by atoms with van der Waals surface area (Å²) in [5.74, 6) is -0.418. The second-order valence-corrected chi connectivity index (χ2v) is 4.03. The standard InChI is InChI=1S/C14H17FO3/c1-10(2)6-7-18-9-13(16)12-8-11(15)4-5-14(12)17-3/h4-5,8H,1,6-7,9H2,2-3H3. The lowest BCUT2D eigenvalue weighted by molar-refractivity contribution is 0.0762. The van der Waals surface area contributed by atoms with Gasteiger partial charge in [0.15, 0.2) is 5.78 Å². The highest BCUT2D eigenvalue weighted by atomic mass is 19.1. The van der Waals surface area contributed by atoms with Gasteiger partial charge in [0.1, 0.15) is 18.2 Å². The van der Waals surface area contributed by atoms with Crippen LogP contribution in [-0.4, -0.2) is 26.1 Å². The Morgan fingerprint density at radius 1 is 1.44 bits per heavy atom. The first kappa shape index (κ1) is 14.4. The van der Waals surface area contributed by atoms with Crippen LogP contribution in [0.2, 0.25) is 0 Å². The molecule has 0 aromatic heterocycles. The van der Waals surface area contributed by atoms with Crippen LogP contribution in [0.3, 0.4) is 0 Å². The number of methoxy groups -OCH3 is 1. The molecular formula is C14H17FO3. The van der Waals surface area contributed by atoms with Gasteiger partial charge < -0.3 is 9.47 Å². The normalized spacial score (nSPS) is 10.2. The third-order valence-corrected chi connectivity index (χ3v) is 2.37. The zero-order valence-corrected chi connectivity index (χ0v) is 10.7. The molecule has 0 heterocycles. The zero-order valence-electron chi connectivity index (χ0n) is 10.7. The van der Waals surface area contributed by atoms with Gasteiger partial charge in [0.2, 0.25) is 0 Å². The van der Waals surface area contributed by atoms with E-state index in [1.54, 1.807) is 0 Å². The third-order valence-electron chi connectivity index (χ3n) is 2.37. The molecule has 0 amide bonds. The van der Waals surface area contributed by atoms with Crippen molar-refractivity contribution in [2.45, 2.75) is 13.3 Å². The van der Waals surface area contributed by atoms with E-state index in [0.717, 1.165) is 11.6 Å². The maximum absolute atomic E-state index is 13.1. The minimum atomic E-state index is -0.471. The number of halogens is 1. The summed E-state index contributed by atoms with van der Waals surface area (Å²) in [6, 6.07) is 3.83. The lowest BCUT2D eigenvalue weighted by atomic mass is 10.1. The number of benzene rings is 1. The van der Waals surface area contributed by atoms with Crippen molar-refractivity contribution in [3.63, 3.8) is 0 Å². The molecule has 0 bridgehead atoms. The molecule has 0 saturated heterocycles. The first-order chi connectivity index (χ1) is 8.54. The summed E-state index contributed by atoms with van der Waals surface area (Å²) in [7, 11) is 1.44. The van der Waals surface area contributed by atoms with E-state index in [4.69, 9.17) is 9.47 Å². The Morgan fingerprint density at radius 3 is 2.78 bits per heavy atom. The largest absolute Gasteiger partial charge is 0.496 e. The highest BCUT2D eigenvalue weighted by molar-refractivity contribution is 5.99. The van der Waals surface area contributed by atoms with Gasteiger partial charge in [-0.15, -0.1) is 6.58 Å². The van der Waals surface area contributed by atoms with Crippen LogP contribution in [0, 0.1) is 5.82 Å². The molecule has 0 aliphatic rings. The minimum absolute atomic E-state index is 0.0902. The molecule has 0 N–H and O–H groups in total. The Bertz CT molecular complexity index is 441.